The molecule has 0 radical (unpaired) electrons. The fourth-order valence-electron chi connectivity index (χ4n) is 2.07. The fourth-order valence-corrected chi connectivity index (χ4v) is 2.07. The van der Waals surface area contributed by atoms with Crippen LogP contribution in [0.15, 0.2) is 0 Å². The molecule has 2 heteroatoms. The third-order valence-electron chi connectivity index (χ3n) is 3.50. The van der Waals surface area contributed by atoms with E-state index in [4.69, 9.17) is 0 Å². The van der Waals surface area contributed by atoms with E-state index in [1.165, 1.54) is 51.4 Å². The second-order valence-corrected chi connectivity index (χ2v) is 5.27. The van der Waals surface area contributed by atoms with Crippen molar-refractivity contribution in [3.8, 4) is 0 Å². The first-order chi connectivity index (χ1) is 8.12. The van der Waals surface area contributed by atoms with Crippen molar-refractivity contribution in [3.63, 3.8) is 0 Å². The largest absolute Gasteiger partial charge is 0.366 e. The molecule has 0 heterocycles. The summed E-state index contributed by atoms with van der Waals surface area (Å²) in [6, 6.07) is 0. The molecule has 0 amide bonds. The van der Waals surface area contributed by atoms with Crippen molar-refractivity contribution in [3.05, 3.63) is 0 Å². The summed E-state index contributed by atoms with van der Waals surface area (Å²) in [5, 5.41) is 18.8. The van der Waals surface area contributed by atoms with Gasteiger partial charge in [-0.25, -0.2) is 0 Å². The first kappa shape index (κ1) is 16.9. The number of rotatable bonds is 12. The zero-order valence-corrected chi connectivity index (χ0v) is 11.9. The maximum Gasteiger partial charge on any atom is 0.162 e. The van der Waals surface area contributed by atoms with Crippen molar-refractivity contribution in [2.24, 2.45) is 0 Å². The van der Waals surface area contributed by atoms with Crippen LogP contribution in [-0.4, -0.2) is 16.0 Å². The molecule has 2 N–H and O–H groups in total. The molecule has 104 valence electrons. The van der Waals surface area contributed by atoms with Gasteiger partial charge in [-0.3, -0.25) is 0 Å². The van der Waals surface area contributed by atoms with Gasteiger partial charge < -0.3 is 10.2 Å². The number of aliphatic hydroxyl groups is 2. The van der Waals surface area contributed by atoms with E-state index in [9.17, 15) is 10.2 Å². The summed E-state index contributed by atoms with van der Waals surface area (Å²) in [5.74, 6) is -1.42. The van der Waals surface area contributed by atoms with Crippen molar-refractivity contribution >= 4 is 0 Å². The second-order valence-electron chi connectivity index (χ2n) is 5.27. The zero-order valence-electron chi connectivity index (χ0n) is 11.9. The molecule has 0 unspecified atom stereocenters. The van der Waals surface area contributed by atoms with Crippen molar-refractivity contribution in [2.45, 2.75) is 96.7 Å². The number of unbranched alkanes of at least 4 members (excludes halogenated alkanes) is 9. The molecule has 0 aromatic carbocycles. The van der Waals surface area contributed by atoms with Crippen LogP contribution in [0, 0.1) is 0 Å². The van der Waals surface area contributed by atoms with Gasteiger partial charge >= 0.3 is 0 Å². The van der Waals surface area contributed by atoms with E-state index in [0.717, 1.165) is 12.8 Å². The van der Waals surface area contributed by atoms with Gasteiger partial charge in [0.15, 0.2) is 5.79 Å². The molecule has 0 saturated heterocycles. The van der Waals surface area contributed by atoms with Gasteiger partial charge in [-0.2, -0.15) is 0 Å². The van der Waals surface area contributed by atoms with E-state index in [2.05, 4.69) is 6.92 Å². The minimum Gasteiger partial charge on any atom is -0.366 e. The van der Waals surface area contributed by atoms with E-state index in [1.54, 1.807) is 0 Å². The smallest absolute Gasteiger partial charge is 0.162 e. The average molecular weight is 244 g/mol. The van der Waals surface area contributed by atoms with Gasteiger partial charge in [-0.05, 0) is 12.8 Å². The Morgan fingerprint density at radius 2 is 1.06 bits per heavy atom. The van der Waals surface area contributed by atoms with Crippen LogP contribution < -0.4 is 0 Å². The summed E-state index contributed by atoms with van der Waals surface area (Å²) < 4.78 is 0. The molecular formula is C15H32O2. The third kappa shape index (κ3) is 12.2. The summed E-state index contributed by atoms with van der Waals surface area (Å²) in [6.45, 7) is 4.06. The summed E-state index contributed by atoms with van der Waals surface area (Å²) in [7, 11) is 0. The molecule has 0 atom stereocenters. The zero-order chi connectivity index (χ0) is 13.0. The van der Waals surface area contributed by atoms with E-state index in [1.807, 2.05) is 6.92 Å². The van der Waals surface area contributed by atoms with Gasteiger partial charge in [-0.15, -0.1) is 0 Å². The Morgan fingerprint density at radius 1 is 0.647 bits per heavy atom. The highest BCUT2D eigenvalue weighted by atomic mass is 16.5. The molecule has 0 aliphatic rings. The monoisotopic (exact) mass is 244 g/mol. The van der Waals surface area contributed by atoms with Gasteiger partial charge in [0.1, 0.15) is 0 Å². The van der Waals surface area contributed by atoms with Crippen LogP contribution in [0.4, 0.5) is 0 Å². The van der Waals surface area contributed by atoms with E-state index in [0.29, 0.717) is 12.8 Å². The minimum absolute atomic E-state index is 0.435. The lowest BCUT2D eigenvalue weighted by molar-refractivity contribution is -0.167. The predicted molar refractivity (Wildman–Crippen MR) is 73.9 cm³/mol. The van der Waals surface area contributed by atoms with Crippen LogP contribution in [0.3, 0.4) is 0 Å². The molecule has 0 aliphatic carbocycles. The first-order valence-corrected chi connectivity index (χ1v) is 7.57. The fraction of sp³-hybridized carbons (Fsp3) is 1.00. The molecule has 2 nitrogen and oxygen atoms in total. The molecular weight excluding hydrogens is 212 g/mol. The normalized spacial score (nSPS) is 12.0. The predicted octanol–water partition coefficient (Wildman–Crippen LogP) is 4.39. The summed E-state index contributed by atoms with van der Waals surface area (Å²) in [6.07, 6.45) is 13.8. The SMILES string of the molecule is CCCCCCCCCCCCC(O)(O)CC. The van der Waals surface area contributed by atoms with Gasteiger partial charge in [0.2, 0.25) is 0 Å². The van der Waals surface area contributed by atoms with Gasteiger partial charge in [0, 0.05) is 6.42 Å². The summed E-state index contributed by atoms with van der Waals surface area (Å²) in [4.78, 5) is 0. The Balaban J connectivity index is 3.09. The topological polar surface area (TPSA) is 40.5 Å². The molecule has 0 aromatic rings. The highest BCUT2D eigenvalue weighted by Gasteiger charge is 2.18. The number of hydrogen-bond donors (Lipinski definition) is 2. The lowest BCUT2D eigenvalue weighted by Crippen LogP contribution is -2.26. The van der Waals surface area contributed by atoms with Crippen molar-refractivity contribution < 1.29 is 10.2 Å². The Bertz CT molecular complexity index is 155. The highest BCUT2D eigenvalue weighted by Crippen LogP contribution is 2.17. The van der Waals surface area contributed by atoms with E-state index >= 15 is 0 Å². The van der Waals surface area contributed by atoms with E-state index in [-0.39, 0.29) is 0 Å². The quantitative estimate of drug-likeness (QED) is 0.395. The van der Waals surface area contributed by atoms with Crippen molar-refractivity contribution in [2.75, 3.05) is 0 Å². The molecule has 0 aliphatic heterocycles. The molecule has 0 spiro atoms. The summed E-state index contributed by atoms with van der Waals surface area (Å²) >= 11 is 0. The Labute approximate surface area is 107 Å². The Morgan fingerprint density at radius 3 is 1.47 bits per heavy atom. The van der Waals surface area contributed by atoms with Crippen LogP contribution in [0.25, 0.3) is 0 Å². The standard InChI is InChI=1S/C15H32O2/c1-3-5-6-7-8-9-10-11-12-13-14-15(16,17)4-2/h16-17H,3-14H2,1-2H3. The lowest BCUT2D eigenvalue weighted by atomic mass is 10.0. The van der Waals surface area contributed by atoms with Crippen LogP contribution in [0.5, 0.6) is 0 Å². The maximum absolute atomic E-state index is 9.40. The average Bonchev–Trinajstić information content (AvgIpc) is 2.31. The first-order valence-electron chi connectivity index (χ1n) is 7.57. The van der Waals surface area contributed by atoms with Gasteiger partial charge in [0.05, 0.1) is 0 Å². The molecule has 0 rings (SSSR count). The molecule has 0 bridgehead atoms. The Kier molecular flexibility index (Phi) is 11.0. The van der Waals surface area contributed by atoms with Crippen molar-refractivity contribution in [1.82, 2.24) is 0 Å². The maximum atomic E-state index is 9.40. The molecule has 0 saturated carbocycles. The van der Waals surface area contributed by atoms with Crippen LogP contribution >= 0.6 is 0 Å². The van der Waals surface area contributed by atoms with Gasteiger partial charge in [0.25, 0.3) is 0 Å². The molecule has 0 aromatic heterocycles. The third-order valence-corrected chi connectivity index (χ3v) is 3.50. The molecule has 17 heavy (non-hydrogen) atoms. The van der Waals surface area contributed by atoms with Crippen LogP contribution in [0.1, 0.15) is 90.9 Å². The minimum atomic E-state index is -1.42. The second kappa shape index (κ2) is 11.0. The van der Waals surface area contributed by atoms with Gasteiger partial charge in [-0.1, -0.05) is 71.6 Å². The number of hydrogen-bond acceptors (Lipinski definition) is 2. The van der Waals surface area contributed by atoms with E-state index < -0.39 is 5.79 Å². The van der Waals surface area contributed by atoms with Crippen LogP contribution in [0.2, 0.25) is 0 Å². The lowest BCUT2D eigenvalue weighted by Gasteiger charge is -2.19. The summed E-state index contributed by atoms with van der Waals surface area (Å²) in [5.41, 5.74) is 0. The van der Waals surface area contributed by atoms with Crippen molar-refractivity contribution in [1.29, 1.82) is 0 Å². The Hall–Kier alpha value is -0.0800. The molecule has 0 fully saturated rings. The highest BCUT2D eigenvalue weighted by molar-refractivity contribution is 4.61. The van der Waals surface area contributed by atoms with Crippen LogP contribution in [-0.2, 0) is 0 Å².